The van der Waals surface area contributed by atoms with E-state index in [1.54, 1.807) is 23.5 Å². The van der Waals surface area contributed by atoms with Crippen molar-refractivity contribution in [2.24, 2.45) is 0 Å². The summed E-state index contributed by atoms with van der Waals surface area (Å²) in [4.78, 5) is 14.4. The lowest BCUT2D eigenvalue weighted by Crippen LogP contribution is -3.08. The Morgan fingerprint density at radius 1 is 1.32 bits per heavy atom. The average Bonchev–Trinajstić information content (AvgIpc) is 2.86. The molecule has 2 rings (SSSR count). The van der Waals surface area contributed by atoms with Gasteiger partial charge in [0.05, 0.1) is 11.9 Å². The zero-order chi connectivity index (χ0) is 15.9. The third kappa shape index (κ3) is 4.93. The number of likely N-dealkylation sites (N-methyl/N-ethyl adjacent to an activating group) is 1. The van der Waals surface area contributed by atoms with Crippen molar-refractivity contribution in [3.8, 4) is 0 Å². The molecule has 1 amide bonds. The van der Waals surface area contributed by atoms with Crippen LogP contribution in [0.2, 0.25) is 0 Å². The summed E-state index contributed by atoms with van der Waals surface area (Å²) in [5, 5.41) is 4.94. The molecule has 0 aliphatic carbocycles. The van der Waals surface area contributed by atoms with E-state index in [1.807, 2.05) is 13.1 Å². The molecule has 1 unspecified atom stereocenters. The van der Waals surface area contributed by atoms with Gasteiger partial charge in [-0.25, -0.2) is 4.39 Å². The topological polar surface area (TPSA) is 33.5 Å². The van der Waals surface area contributed by atoms with Gasteiger partial charge in [-0.2, -0.15) is 0 Å². The summed E-state index contributed by atoms with van der Waals surface area (Å²) in [6, 6.07) is 8.77. The highest BCUT2D eigenvalue weighted by Gasteiger charge is 2.12. The first-order valence-electron chi connectivity index (χ1n) is 7.40. The average molecular weight is 321 g/mol. The van der Waals surface area contributed by atoms with Crippen molar-refractivity contribution in [2.45, 2.75) is 19.9 Å². The van der Waals surface area contributed by atoms with Crippen LogP contribution in [0, 0.1) is 12.7 Å². The summed E-state index contributed by atoms with van der Waals surface area (Å²) in [6.07, 6.45) is 0.515. The number of carbonyl (C=O) groups excluding carboxylic acids is 1. The minimum atomic E-state index is -0.215. The van der Waals surface area contributed by atoms with Crippen molar-refractivity contribution in [1.82, 2.24) is 5.32 Å². The van der Waals surface area contributed by atoms with Crippen molar-refractivity contribution >= 4 is 17.2 Å². The highest BCUT2D eigenvalue weighted by Crippen LogP contribution is 2.13. The first-order chi connectivity index (χ1) is 10.6. The van der Waals surface area contributed by atoms with Crippen LogP contribution in [0.15, 0.2) is 35.7 Å². The van der Waals surface area contributed by atoms with Gasteiger partial charge < -0.3 is 10.2 Å². The normalized spacial score (nSPS) is 12.1. The van der Waals surface area contributed by atoms with Crippen LogP contribution in [-0.2, 0) is 17.8 Å². The third-order valence-electron chi connectivity index (χ3n) is 3.57. The number of halogens is 1. The Labute approximate surface area is 134 Å². The lowest BCUT2D eigenvalue weighted by atomic mass is 10.1. The van der Waals surface area contributed by atoms with Crippen LogP contribution in [0.1, 0.15) is 16.0 Å². The summed E-state index contributed by atoms with van der Waals surface area (Å²) in [5.74, 6) is -0.212. The van der Waals surface area contributed by atoms with Gasteiger partial charge in [0.2, 0.25) is 0 Å². The Balaban J connectivity index is 1.71. The van der Waals surface area contributed by atoms with Gasteiger partial charge in [-0.3, -0.25) is 4.79 Å². The van der Waals surface area contributed by atoms with Gasteiger partial charge in [0.25, 0.3) is 5.91 Å². The monoisotopic (exact) mass is 321 g/mol. The van der Waals surface area contributed by atoms with Gasteiger partial charge in [-0.05, 0) is 42.0 Å². The Morgan fingerprint density at radius 3 is 2.77 bits per heavy atom. The molecule has 1 aromatic carbocycles. The Bertz CT molecular complexity index is 627. The second kappa shape index (κ2) is 8.06. The number of rotatable bonds is 7. The predicted molar refractivity (Wildman–Crippen MR) is 87.6 cm³/mol. The maximum Gasteiger partial charge on any atom is 0.275 e. The maximum atomic E-state index is 13.5. The lowest BCUT2D eigenvalue weighted by molar-refractivity contribution is -0.885. The molecular weight excluding hydrogens is 299 g/mol. The van der Waals surface area contributed by atoms with Crippen molar-refractivity contribution in [2.75, 3.05) is 20.1 Å². The molecule has 0 aliphatic rings. The van der Waals surface area contributed by atoms with Crippen LogP contribution < -0.4 is 10.2 Å². The lowest BCUT2D eigenvalue weighted by Gasteiger charge is -2.13. The van der Waals surface area contributed by atoms with Crippen LogP contribution in [0.25, 0.3) is 0 Å². The van der Waals surface area contributed by atoms with Crippen LogP contribution in [0.3, 0.4) is 0 Å². The van der Waals surface area contributed by atoms with Gasteiger partial charge in [0.15, 0.2) is 6.54 Å². The summed E-state index contributed by atoms with van der Waals surface area (Å²) in [7, 11) is 2.01. The van der Waals surface area contributed by atoms with E-state index >= 15 is 0 Å². The van der Waals surface area contributed by atoms with Crippen molar-refractivity contribution in [1.29, 1.82) is 0 Å². The van der Waals surface area contributed by atoms with Gasteiger partial charge in [-0.1, -0.05) is 18.2 Å². The van der Waals surface area contributed by atoms with E-state index in [9.17, 15) is 9.18 Å². The maximum absolute atomic E-state index is 13.5. The number of hydrogen-bond acceptors (Lipinski definition) is 2. The minimum absolute atomic E-state index is 0.00282. The summed E-state index contributed by atoms with van der Waals surface area (Å²) >= 11 is 1.73. The molecule has 5 heteroatoms. The molecule has 0 spiro atoms. The summed E-state index contributed by atoms with van der Waals surface area (Å²) in [6.45, 7) is 3.83. The Hall–Kier alpha value is -1.72. The molecule has 1 aromatic heterocycles. The molecule has 0 bridgehead atoms. The van der Waals surface area contributed by atoms with E-state index in [1.165, 1.54) is 16.5 Å². The standard InChI is InChI=1S/C17H21FN2OS/c1-13-8-10-22-16(13)11-20(2)12-17(21)19-9-7-14-5-3-4-6-15(14)18/h3-6,8,10H,7,9,11-12H2,1-2H3,(H,19,21)/p+1. The van der Waals surface area contributed by atoms with Gasteiger partial charge in [0.1, 0.15) is 12.4 Å². The largest absolute Gasteiger partial charge is 0.351 e. The van der Waals surface area contributed by atoms with Gasteiger partial charge in [-0.15, -0.1) is 11.3 Å². The third-order valence-corrected chi connectivity index (χ3v) is 4.59. The number of benzene rings is 1. The zero-order valence-corrected chi connectivity index (χ0v) is 13.8. The summed E-state index contributed by atoms with van der Waals surface area (Å²) in [5.41, 5.74) is 1.92. The molecule has 0 aliphatic heterocycles. The number of carbonyl (C=O) groups is 1. The highest BCUT2D eigenvalue weighted by atomic mass is 32.1. The number of hydrogen-bond donors (Lipinski definition) is 2. The van der Waals surface area contributed by atoms with Crippen molar-refractivity contribution < 1.29 is 14.1 Å². The number of quaternary nitrogens is 1. The number of thiophene rings is 1. The number of nitrogens with one attached hydrogen (secondary N) is 2. The van der Waals surface area contributed by atoms with Crippen LogP contribution in [-0.4, -0.2) is 26.0 Å². The van der Waals surface area contributed by atoms with E-state index in [-0.39, 0.29) is 11.7 Å². The second-order valence-electron chi connectivity index (χ2n) is 5.53. The first-order valence-corrected chi connectivity index (χ1v) is 8.28. The number of amides is 1. The van der Waals surface area contributed by atoms with Crippen LogP contribution >= 0.6 is 11.3 Å². The predicted octanol–water partition coefficient (Wildman–Crippen LogP) is 1.57. The van der Waals surface area contributed by atoms with E-state index in [2.05, 4.69) is 23.7 Å². The summed E-state index contributed by atoms with van der Waals surface area (Å²) < 4.78 is 13.5. The zero-order valence-electron chi connectivity index (χ0n) is 13.0. The molecule has 118 valence electrons. The smallest absolute Gasteiger partial charge is 0.275 e. The molecule has 3 nitrogen and oxygen atoms in total. The Morgan fingerprint density at radius 2 is 2.09 bits per heavy atom. The fourth-order valence-electron chi connectivity index (χ4n) is 2.30. The molecule has 0 radical (unpaired) electrons. The van der Waals surface area contributed by atoms with Crippen LogP contribution in [0.5, 0.6) is 0 Å². The van der Waals surface area contributed by atoms with E-state index in [0.717, 1.165) is 11.4 Å². The molecule has 1 atom stereocenters. The van der Waals surface area contributed by atoms with Crippen molar-refractivity contribution in [3.63, 3.8) is 0 Å². The van der Waals surface area contributed by atoms with E-state index in [4.69, 9.17) is 0 Å². The minimum Gasteiger partial charge on any atom is -0.351 e. The SMILES string of the molecule is Cc1ccsc1C[NH+](C)CC(=O)NCCc1ccccc1F. The van der Waals surface area contributed by atoms with Crippen molar-refractivity contribution in [3.05, 3.63) is 57.5 Å². The highest BCUT2D eigenvalue weighted by molar-refractivity contribution is 7.10. The van der Waals surface area contributed by atoms with Gasteiger partial charge >= 0.3 is 0 Å². The van der Waals surface area contributed by atoms with Gasteiger partial charge in [0, 0.05) is 6.54 Å². The van der Waals surface area contributed by atoms with Crippen LogP contribution in [0.4, 0.5) is 4.39 Å². The second-order valence-corrected chi connectivity index (χ2v) is 6.53. The number of aryl methyl sites for hydroxylation is 1. The Kier molecular flexibility index (Phi) is 6.10. The molecular formula is C17H22FN2OS+. The molecule has 0 saturated heterocycles. The molecule has 0 fully saturated rings. The molecule has 22 heavy (non-hydrogen) atoms. The fourth-order valence-corrected chi connectivity index (χ4v) is 3.32. The molecule has 2 aromatic rings. The van der Waals surface area contributed by atoms with E-state index in [0.29, 0.717) is 25.1 Å². The molecule has 2 N–H and O–H groups in total. The first kappa shape index (κ1) is 16.6. The fraction of sp³-hybridized carbons (Fsp3) is 0.353. The quantitative estimate of drug-likeness (QED) is 0.797. The molecule has 1 heterocycles. The van der Waals surface area contributed by atoms with E-state index < -0.39 is 0 Å². The molecule has 0 saturated carbocycles.